The lowest BCUT2D eigenvalue weighted by molar-refractivity contribution is -0.199. The Morgan fingerprint density at radius 2 is 1.59 bits per heavy atom. The number of carbonyl (C=O) groups is 4. The van der Waals surface area contributed by atoms with Crippen LogP contribution in [-0.4, -0.2) is 74.3 Å². The zero-order valence-electron chi connectivity index (χ0n) is 25.0. The van der Waals surface area contributed by atoms with Crippen molar-refractivity contribution in [1.29, 1.82) is 0 Å². The maximum Gasteiger partial charge on any atom is 0.261 e. The number of hydrogen-bond acceptors (Lipinski definition) is 7. The Morgan fingerprint density at radius 3 is 2.23 bits per heavy atom. The van der Waals surface area contributed by atoms with Crippen LogP contribution in [0.15, 0.2) is 66.7 Å². The maximum atomic E-state index is 13.1. The summed E-state index contributed by atoms with van der Waals surface area (Å²) >= 11 is 0. The Bertz CT molecular complexity index is 1480. The first-order chi connectivity index (χ1) is 21.4. The van der Waals surface area contributed by atoms with Gasteiger partial charge in [0.2, 0.25) is 0 Å². The standard InChI is InChI=1S/C34H37N3O7/c1-3-23-18-24(19-28(32(39)35-2)30(23)42-17-15-22-10-5-4-6-11-22)31(38)36-16-9-14-29-43-20-25(21-44-29)37-33(40)26-12-7-8-13-27(26)34(37)41/h4-8,10-13,18-19,25,29H,3,9,14-17,20-21H2,1-2H3,(H,35,39)(H,36,38). The van der Waals surface area contributed by atoms with Crippen LogP contribution in [0.4, 0.5) is 0 Å². The molecule has 0 unspecified atom stereocenters. The van der Waals surface area contributed by atoms with Crippen molar-refractivity contribution in [3.63, 3.8) is 0 Å². The molecule has 0 aromatic heterocycles. The van der Waals surface area contributed by atoms with Crippen LogP contribution in [0.1, 0.15) is 72.3 Å². The molecular formula is C34H37N3O7. The number of aryl methyl sites for hydroxylation is 1. The van der Waals surface area contributed by atoms with Crippen molar-refractivity contribution >= 4 is 23.6 Å². The van der Waals surface area contributed by atoms with E-state index in [1.807, 2.05) is 37.3 Å². The quantitative estimate of drug-likeness (QED) is 0.240. The van der Waals surface area contributed by atoms with E-state index >= 15 is 0 Å². The smallest absolute Gasteiger partial charge is 0.261 e. The molecule has 230 valence electrons. The van der Waals surface area contributed by atoms with Crippen LogP contribution < -0.4 is 15.4 Å². The fourth-order valence-corrected chi connectivity index (χ4v) is 5.43. The van der Waals surface area contributed by atoms with Gasteiger partial charge in [0.15, 0.2) is 6.29 Å². The van der Waals surface area contributed by atoms with Crippen molar-refractivity contribution in [2.45, 2.75) is 44.9 Å². The van der Waals surface area contributed by atoms with Crippen molar-refractivity contribution in [3.05, 3.63) is 100 Å². The van der Waals surface area contributed by atoms with Gasteiger partial charge in [-0.05, 0) is 48.2 Å². The monoisotopic (exact) mass is 599 g/mol. The van der Waals surface area contributed by atoms with E-state index in [0.717, 1.165) is 11.1 Å². The highest BCUT2D eigenvalue weighted by molar-refractivity contribution is 6.21. The van der Waals surface area contributed by atoms with Crippen LogP contribution in [0.2, 0.25) is 0 Å². The summed E-state index contributed by atoms with van der Waals surface area (Å²) in [6.45, 7) is 3.10. The molecule has 10 nitrogen and oxygen atoms in total. The second-order valence-corrected chi connectivity index (χ2v) is 10.7. The molecule has 0 spiro atoms. The van der Waals surface area contributed by atoms with Gasteiger partial charge in [0.25, 0.3) is 23.6 Å². The van der Waals surface area contributed by atoms with Crippen molar-refractivity contribution in [3.8, 4) is 5.75 Å². The molecule has 44 heavy (non-hydrogen) atoms. The van der Waals surface area contributed by atoms with Gasteiger partial charge >= 0.3 is 0 Å². The summed E-state index contributed by atoms with van der Waals surface area (Å²) in [6.07, 6.45) is 1.88. The summed E-state index contributed by atoms with van der Waals surface area (Å²) in [5.74, 6) is -0.791. The van der Waals surface area contributed by atoms with Crippen molar-refractivity contribution in [2.24, 2.45) is 0 Å². The number of ether oxygens (including phenoxy) is 3. The molecule has 2 aliphatic heterocycles. The Hall–Kier alpha value is -4.54. The van der Waals surface area contributed by atoms with Crippen molar-refractivity contribution < 1.29 is 33.4 Å². The first-order valence-corrected chi connectivity index (χ1v) is 14.9. The predicted octanol–water partition coefficient (Wildman–Crippen LogP) is 3.78. The van der Waals surface area contributed by atoms with Crippen molar-refractivity contribution in [1.82, 2.24) is 15.5 Å². The first-order valence-electron chi connectivity index (χ1n) is 14.9. The summed E-state index contributed by atoms with van der Waals surface area (Å²) in [6, 6.07) is 19.6. The van der Waals surface area contributed by atoms with E-state index in [1.54, 1.807) is 43.4 Å². The second-order valence-electron chi connectivity index (χ2n) is 10.7. The highest BCUT2D eigenvalue weighted by Crippen LogP contribution is 2.28. The number of benzene rings is 3. The molecule has 0 atom stereocenters. The molecule has 2 heterocycles. The van der Waals surface area contributed by atoms with E-state index in [0.29, 0.717) is 66.8 Å². The molecule has 2 aliphatic rings. The number of nitrogens with one attached hydrogen (secondary N) is 2. The molecule has 0 bridgehead atoms. The summed E-state index contributed by atoms with van der Waals surface area (Å²) in [7, 11) is 1.55. The molecule has 0 aliphatic carbocycles. The average Bonchev–Trinajstić information content (AvgIpc) is 3.32. The minimum absolute atomic E-state index is 0.185. The third-order valence-corrected chi connectivity index (χ3v) is 7.80. The highest BCUT2D eigenvalue weighted by atomic mass is 16.7. The van der Waals surface area contributed by atoms with Crippen LogP contribution in [0, 0.1) is 0 Å². The normalized spacial score (nSPS) is 17.7. The molecule has 4 amide bonds. The Kier molecular flexibility index (Phi) is 10.0. The van der Waals surface area contributed by atoms with Crippen LogP contribution in [0.3, 0.4) is 0 Å². The third kappa shape index (κ3) is 6.82. The Morgan fingerprint density at radius 1 is 0.932 bits per heavy atom. The topological polar surface area (TPSA) is 123 Å². The SMILES string of the molecule is CCc1cc(C(=O)NCCCC2OCC(N3C(=O)c4ccccc4C3=O)CO2)cc(C(=O)NC)c1OCCc1ccccc1. The average molecular weight is 600 g/mol. The van der Waals surface area contributed by atoms with Gasteiger partial charge in [-0.2, -0.15) is 0 Å². The molecule has 1 saturated heterocycles. The van der Waals surface area contributed by atoms with E-state index in [2.05, 4.69) is 10.6 Å². The minimum Gasteiger partial charge on any atom is -0.492 e. The summed E-state index contributed by atoms with van der Waals surface area (Å²) in [4.78, 5) is 52.5. The lowest BCUT2D eigenvalue weighted by Gasteiger charge is -2.33. The van der Waals surface area contributed by atoms with Gasteiger partial charge in [0, 0.05) is 32.0 Å². The zero-order chi connectivity index (χ0) is 31.1. The number of fused-ring (bicyclic) bond motifs is 1. The number of hydrogen-bond donors (Lipinski definition) is 2. The van der Waals surface area contributed by atoms with Crippen LogP contribution in [-0.2, 0) is 22.3 Å². The van der Waals surface area contributed by atoms with E-state index < -0.39 is 12.3 Å². The van der Waals surface area contributed by atoms with Crippen molar-refractivity contribution in [2.75, 3.05) is 33.4 Å². The molecule has 2 N–H and O–H groups in total. The number of rotatable bonds is 12. The molecule has 10 heteroatoms. The molecular weight excluding hydrogens is 562 g/mol. The molecule has 5 rings (SSSR count). The Labute approximate surface area is 256 Å². The zero-order valence-corrected chi connectivity index (χ0v) is 25.0. The van der Waals surface area contributed by atoms with Crippen LogP contribution in [0.5, 0.6) is 5.75 Å². The van der Waals surface area contributed by atoms with Gasteiger partial charge in [-0.15, -0.1) is 0 Å². The Balaban J connectivity index is 1.11. The number of amides is 4. The van der Waals surface area contributed by atoms with E-state index in [1.165, 1.54) is 4.90 Å². The van der Waals surface area contributed by atoms with E-state index in [-0.39, 0.29) is 36.8 Å². The predicted molar refractivity (Wildman–Crippen MR) is 163 cm³/mol. The van der Waals surface area contributed by atoms with Gasteiger partial charge < -0.3 is 24.8 Å². The van der Waals surface area contributed by atoms with E-state index in [4.69, 9.17) is 14.2 Å². The molecule has 3 aromatic carbocycles. The third-order valence-electron chi connectivity index (χ3n) is 7.80. The van der Waals surface area contributed by atoms with Crippen LogP contribution in [0.25, 0.3) is 0 Å². The maximum absolute atomic E-state index is 13.1. The van der Waals surface area contributed by atoms with Gasteiger partial charge in [0.05, 0.1) is 42.6 Å². The fourth-order valence-electron chi connectivity index (χ4n) is 5.43. The number of carbonyl (C=O) groups excluding carboxylic acids is 4. The molecule has 0 radical (unpaired) electrons. The molecule has 1 fully saturated rings. The number of nitrogens with zero attached hydrogens (tertiary/aromatic N) is 1. The summed E-state index contributed by atoms with van der Waals surface area (Å²) < 4.78 is 17.7. The summed E-state index contributed by atoms with van der Waals surface area (Å²) in [5, 5.41) is 5.56. The highest BCUT2D eigenvalue weighted by Gasteiger charge is 2.41. The fraction of sp³-hybridized carbons (Fsp3) is 0.353. The lowest BCUT2D eigenvalue weighted by atomic mass is 10.0. The number of imide groups is 1. The molecule has 0 saturated carbocycles. The van der Waals surface area contributed by atoms with Gasteiger partial charge in [-0.3, -0.25) is 24.1 Å². The van der Waals surface area contributed by atoms with E-state index in [9.17, 15) is 19.2 Å². The van der Waals surface area contributed by atoms with Gasteiger partial charge in [-0.25, -0.2) is 0 Å². The van der Waals surface area contributed by atoms with Crippen LogP contribution >= 0.6 is 0 Å². The second kappa shape index (κ2) is 14.3. The van der Waals surface area contributed by atoms with Gasteiger partial charge in [0.1, 0.15) is 5.75 Å². The molecule has 3 aromatic rings. The van der Waals surface area contributed by atoms with Gasteiger partial charge in [-0.1, -0.05) is 49.4 Å². The minimum atomic E-state index is -0.503. The largest absolute Gasteiger partial charge is 0.492 e. The summed E-state index contributed by atoms with van der Waals surface area (Å²) in [5.41, 5.74) is 3.41. The first kappa shape index (κ1) is 30.9. The lowest BCUT2D eigenvalue weighted by Crippen LogP contribution is -2.49.